The molecule has 0 aromatic heterocycles. The van der Waals surface area contributed by atoms with E-state index in [1.807, 2.05) is 26.8 Å². The van der Waals surface area contributed by atoms with Gasteiger partial charge in [-0.3, -0.25) is 24.0 Å². The Kier molecular flexibility index (Phi) is 30.6. The molecule has 0 aromatic rings. The van der Waals surface area contributed by atoms with Gasteiger partial charge in [-0.15, -0.1) is 12.8 Å². The zero-order valence-corrected chi connectivity index (χ0v) is 86.1. The molecular formula is C109H121BrN14O11Zn. The van der Waals surface area contributed by atoms with Crippen molar-refractivity contribution in [3.8, 4) is 24.7 Å². The number of amides is 2. The van der Waals surface area contributed by atoms with Gasteiger partial charge in [0.05, 0.1) is 120 Å². The number of nitrogens with zero attached hydrogens (tertiary/aromatic N) is 9. The molecule has 24 bridgehead atoms. The Labute approximate surface area is 818 Å². The van der Waals surface area contributed by atoms with Crippen LogP contribution in [0.5, 0.6) is 0 Å². The Bertz CT molecular complexity index is 6640. The summed E-state index contributed by atoms with van der Waals surface area (Å²) in [6.07, 6.45) is 36.4. The van der Waals surface area contributed by atoms with Gasteiger partial charge in [-0.2, -0.15) is 0 Å². The van der Waals surface area contributed by atoms with Crippen LogP contribution in [0.15, 0.2) is 318 Å². The van der Waals surface area contributed by atoms with Crippen molar-refractivity contribution < 1.29 is 74.1 Å². The van der Waals surface area contributed by atoms with Crippen LogP contribution in [0.1, 0.15) is 235 Å². The van der Waals surface area contributed by atoms with Gasteiger partial charge >= 0.3 is 5.97 Å². The molecule has 0 aromatic carbocycles. The predicted octanol–water partition coefficient (Wildman–Crippen LogP) is 21.0. The molecular weight excluding hydrogens is 1830 g/mol. The number of carboxylic acids is 3. The van der Waals surface area contributed by atoms with E-state index >= 15 is 0 Å². The van der Waals surface area contributed by atoms with E-state index in [0.717, 1.165) is 272 Å². The third-order valence-corrected chi connectivity index (χ3v) is 29.3. The minimum absolute atomic E-state index is 0. The molecule has 27 heteroatoms. The summed E-state index contributed by atoms with van der Waals surface area (Å²) in [5, 5.41) is 74.8. The number of aliphatic hydroxyl groups excluding tert-OH is 3. The van der Waals surface area contributed by atoms with E-state index in [1.165, 1.54) is 39.0 Å². The number of aliphatic carboxylic acids is 3. The number of halogens is 1. The van der Waals surface area contributed by atoms with E-state index in [9.17, 15) is 34.8 Å². The summed E-state index contributed by atoms with van der Waals surface area (Å²) in [4.78, 5) is 101. The molecule has 3 fully saturated rings. The predicted molar refractivity (Wildman–Crippen MR) is 540 cm³/mol. The summed E-state index contributed by atoms with van der Waals surface area (Å²) >= 11 is 3.97. The van der Waals surface area contributed by atoms with Crippen molar-refractivity contribution in [2.45, 2.75) is 235 Å². The fourth-order valence-electron chi connectivity index (χ4n) is 21.2. The van der Waals surface area contributed by atoms with Crippen LogP contribution in [0.25, 0.3) is 0 Å². The fourth-order valence-corrected chi connectivity index (χ4v) is 22.1. The molecule has 25 nitrogen and oxygen atoms in total. The molecule has 3 saturated heterocycles. The second-order valence-electron chi connectivity index (χ2n) is 36.4. The van der Waals surface area contributed by atoms with Crippen molar-refractivity contribution in [1.82, 2.24) is 26.6 Å². The molecule has 0 spiro atoms. The van der Waals surface area contributed by atoms with E-state index in [4.69, 9.17) is 77.6 Å². The number of terminal acetylenes is 2. The average Bonchev–Trinajstić information content (AvgIpc) is 1.58. The quantitative estimate of drug-likeness (QED) is 0.0476. The number of carbonyl (C=O) groups is 5. The molecule has 15 aliphatic heterocycles. The number of hydrogen-bond donors (Lipinski definition) is 11. The zero-order valence-electron chi connectivity index (χ0n) is 81.6. The monoisotopic (exact) mass is 1940 g/mol. The first kappa shape index (κ1) is 101. The Hall–Kier alpha value is -12.8. The molecule has 11 N–H and O–H groups in total. The minimum atomic E-state index is -0.833. The molecule has 6 atom stereocenters. The van der Waals surface area contributed by atoms with Gasteiger partial charge in [-0.1, -0.05) is 74.2 Å². The summed E-state index contributed by atoms with van der Waals surface area (Å²) in [6, 6.07) is 0. The van der Waals surface area contributed by atoms with E-state index in [1.54, 1.807) is 0 Å². The van der Waals surface area contributed by atoms with Crippen LogP contribution in [-0.4, -0.2) is 125 Å². The van der Waals surface area contributed by atoms with Crippen molar-refractivity contribution >= 4 is 97.1 Å². The Morgan fingerprint density at radius 3 is 0.956 bits per heavy atom. The second kappa shape index (κ2) is 41.4. The molecule has 0 radical (unpaired) electrons. The van der Waals surface area contributed by atoms with Crippen molar-refractivity contribution in [3.05, 3.63) is 273 Å². The normalized spacial score (nSPS) is 23.3. The Morgan fingerprint density at radius 1 is 0.382 bits per heavy atom. The maximum atomic E-state index is 12.6. The fraction of sp³-hybridized carbons (Fsp3) is 0.394. The largest absolute Gasteiger partial charge is 0.511 e. The average molecular weight is 1950 g/mol. The number of carbonyl (C=O) groups excluding carboxylic acids is 2. The summed E-state index contributed by atoms with van der Waals surface area (Å²) in [5.74, 6) is 3.56. The van der Waals surface area contributed by atoms with Crippen molar-refractivity contribution in [2.75, 3.05) is 13.1 Å². The number of aliphatic imine (C=N–C) groups is 9. The Balaban J connectivity index is 0.000000165. The van der Waals surface area contributed by atoms with Gasteiger partial charge in [0.2, 0.25) is 11.8 Å². The molecule has 3 aliphatic carbocycles. The molecule has 136 heavy (non-hydrogen) atoms. The smallest absolute Gasteiger partial charge is 0.303 e. The number of allylic oxidation sites excluding steroid dienone is 36. The molecule has 18 aliphatic rings. The van der Waals surface area contributed by atoms with Crippen molar-refractivity contribution in [3.63, 3.8) is 0 Å². The Morgan fingerprint density at radius 2 is 0.654 bits per heavy atom. The van der Waals surface area contributed by atoms with Gasteiger partial charge in [0, 0.05) is 175 Å². The summed E-state index contributed by atoms with van der Waals surface area (Å²) < 4.78 is 0.913. The summed E-state index contributed by atoms with van der Waals surface area (Å²) in [5.41, 5.74) is 44.4. The van der Waals surface area contributed by atoms with E-state index < -0.39 is 17.9 Å². The van der Waals surface area contributed by atoms with Crippen LogP contribution in [0.2, 0.25) is 0 Å². The maximum absolute atomic E-state index is 12.6. The number of aliphatic hydroxyl groups is 3. The second-order valence-corrected chi connectivity index (χ2v) is 37.2. The number of hydrogen-bond acceptors (Lipinski definition) is 20. The topological polar surface area (TPSA) is 378 Å². The van der Waals surface area contributed by atoms with E-state index in [0.29, 0.717) is 68.6 Å². The number of nitrogens with one attached hydrogen (secondary N) is 5. The van der Waals surface area contributed by atoms with Crippen molar-refractivity contribution in [1.29, 1.82) is 0 Å². The third-order valence-electron chi connectivity index (χ3n) is 28.5. The van der Waals surface area contributed by atoms with Crippen LogP contribution in [0.3, 0.4) is 0 Å². The van der Waals surface area contributed by atoms with Crippen LogP contribution < -0.4 is 26.6 Å². The summed E-state index contributed by atoms with van der Waals surface area (Å²) in [6.45, 7) is 40.9. The first-order chi connectivity index (χ1) is 64.3. The minimum Gasteiger partial charge on any atom is -0.511 e. The van der Waals surface area contributed by atoms with Crippen LogP contribution in [0.4, 0.5) is 0 Å². The van der Waals surface area contributed by atoms with Gasteiger partial charge in [0.1, 0.15) is 17.3 Å². The first-order valence-corrected chi connectivity index (χ1v) is 47.7. The standard InChI is InChI=1S/C36H38BrN5O2.C36H39N5O2.C33H36N4O3.2C2H4O2.Zn/c1-8-13-38-30(44)12-11-23-19(6)34-32(37)33-18(5)22(10-3)28(41-33)15-25-17(4)21(9-2)27(39-25)16-26-20(7)31-29(43)14-24(35(23)42-34)36(31)40-26;1-8-13-37-33(43)12-11-24-20(6)28-15-26-18(4)22(9-2)30(38-26)16-27-19(5)23(10-3)31(39-27)17-29-21(7)34-32(42)14-25(35(24)40-28)36(34)41-29;1-7-19-15(3)23-12-25-17(5)21(9-10-30(39)40)32(36-25)22-11-29(38)31-18(6)26(37-33(22)31)14-28-20(8-2)16(4)24(35-28)13-27(19)34-23;2*1-2(3)4;/h1,15-16,19,23,42-43H,9-14H2,2-7H3,(H,38,44);1,15-17,20,24,40,42H,9-14H2,2-7H3,(H,37,43);12-14,17,21,36,38H,7-11H2,1-6H3,(H,39,40);2*1H3,(H,3,4);/t19-,23-;20-,24-;17-,21-;;;/m000.../s1. The summed E-state index contributed by atoms with van der Waals surface area (Å²) in [7, 11) is 0. The van der Waals surface area contributed by atoms with Gasteiger partial charge in [0.15, 0.2) is 0 Å². The van der Waals surface area contributed by atoms with Crippen LogP contribution in [0, 0.1) is 60.2 Å². The molecule has 702 valence electrons. The van der Waals surface area contributed by atoms with Crippen molar-refractivity contribution in [2.24, 2.45) is 80.4 Å². The third kappa shape index (κ3) is 19.2. The maximum Gasteiger partial charge on any atom is 0.303 e. The van der Waals surface area contributed by atoms with Gasteiger partial charge in [-0.05, 0) is 268 Å². The SMILES string of the molecule is C#CCNC(=O)CC[C@@H]1C2=C3CC(O)=C4C3=NC(=C4C)C=C3N=C(C=C4N=C(C(C)=C4CC)C(Br)=C(N2)[C@H]1C)C(C)=C3CC.C#CCNC(=O)CC[C@@H]1C2=C3CC(O)=C4C3=NC(=C4C)C=C3N=C(C=C4N=C(C=C(N2)[C@H]1C)C(C)=C4CC)C(C)=C3CC.CC(=O)O.CC(=O)O.CCC1=C(C)C2=NC1=CC1=C(C)C3=C(O)CC(=C4NC(=CC5=NC(=C2)C(CC)=C5C)[C@@H](C)[C@@H]4CCC(=O)O)C3=N1.[Zn]. The molecule has 0 unspecified atom stereocenters. The van der Waals surface area contributed by atoms with E-state index in [2.05, 4.69) is 201 Å². The van der Waals surface area contributed by atoms with E-state index in [-0.39, 0.29) is 86.3 Å². The van der Waals surface area contributed by atoms with Gasteiger partial charge in [-0.25, -0.2) is 44.9 Å². The first-order valence-electron chi connectivity index (χ1n) is 46.9. The van der Waals surface area contributed by atoms with Crippen LogP contribution in [-0.2, 0) is 43.5 Å². The van der Waals surface area contributed by atoms with Gasteiger partial charge < -0.3 is 57.2 Å². The molecule has 18 rings (SSSR count). The van der Waals surface area contributed by atoms with Crippen LogP contribution >= 0.6 is 15.9 Å². The number of fused-ring (bicyclic) bond motifs is 15. The number of carboxylic acid groups (broad SMARTS) is 3. The molecule has 0 saturated carbocycles. The molecule has 2 amide bonds. The van der Waals surface area contributed by atoms with Gasteiger partial charge in [0.25, 0.3) is 11.9 Å². The molecule has 15 heterocycles. The number of rotatable bonds is 17. The zero-order chi connectivity index (χ0) is 97.6.